The lowest BCUT2D eigenvalue weighted by molar-refractivity contribution is 0.115. The standard InChI is InChI=1S/C22H26N6O3/c1-14-15(2)25-20-11-17(22-23-9-10-27(22)3)26-28(20)21(14)24-12-16(29)13-31-19-8-6-5-7-18(19)30-4/h5-11,16,24,29H,12-13H2,1-4H3/t16-/m0/s1. The van der Waals surface area contributed by atoms with Crippen molar-refractivity contribution in [1.82, 2.24) is 24.1 Å². The number of methoxy groups -OCH3 is 1. The summed E-state index contributed by atoms with van der Waals surface area (Å²) in [4.78, 5) is 9.01. The summed E-state index contributed by atoms with van der Waals surface area (Å²) < 4.78 is 14.7. The number of aliphatic hydroxyl groups excluding tert-OH is 1. The van der Waals surface area contributed by atoms with E-state index in [0.717, 1.165) is 28.6 Å². The molecular formula is C22H26N6O3. The number of imidazole rings is 1. The molecule has 2 N–H and O–H groups in total. The number of hydrogen-bond acceptors (Lipinski definition) is 7. The third kappa shape index (κ3) is 4.17. The number of para-hydroxylation sites is 2. The van der Waals surface area contributed by atoms with E-state index in [9.17, 15) is 5.11 Å². The Morgan fingerprint density at radius 2 is 1.97 bits per heavy atom. The molecule has 1 atom stereocenters. The van der Waals surface area contributed by atoms with Gasteiger partial charge < -0.3 is 24.5 Å². The van der Waals surface area contributed by atoms with E-state index in [1.807, 2.05) is 62.0 Å². The molecule has 162 valence electrons. The van der Waals surface area contributed by atoms with E-state index in [1.54, 1.807) is 17.8 Å². The Morgan fingerprint density at radius 1 is 1.19 bits per heavy atom. The summed E-state index contributed by atoms with van der Waals surface area (Å²) >= 11 is 0. The van der Waals surface area contributed by atoms with Crippen LogP contribution in [0.1, 0.15) is 11.3 Å². The highest BCUT2D eigenvalue weighted by atomic mass is 16.5. The molecule has 4 aromatic rings. The fourth-order valence-electron chi connectivity index (χ4n) is 3.33. The number of aromatic nitrogens is 5. The van der Waals surface area contributed by atoms with E-state index in [0.29, 0.717) is 17.1 Å². The van der Waals surface area contributed by atoms with Crippen molar-refractivity contribution in [2.24, 2.45) is 7.05 Å². The topological polar surface area (TPSA) is 98.7 Å². The average molecular weight is 422 g/mol. The van der Waals surface area contributed by atoms with Crippen molar-refractivity contribution in [2.75, 3.05) is 25.6 Å². The Morgan fingerprint density at radius 3 is 2.68 bits per heavy atom. The minimum Gasteiger partial charge on any atom is -0.493 e. The van der Waals surface area contributed by atoms with E-state index in [-0.39, 0.29) is 13.2 Å². The molecule has 9 nitrogen and oxygen atoms in total. The van der Waals surface area contributed by atoms with Crippen LogP contribution in [0.3, 0.4) is 0 Å². The summed E-state index contributed by atoms with van der Waals surface area (Å²) in [5, 5.41) is 18.5. The Kier molecular flexibility index (Phi) is 5.77. The van der Waals surface area contributed by atoms with E-state index in [2.05, 4.69) is 15.3 Å². The second kappa shape index (κ2) is 8.65. The van der Waals surface area contributed by atoms with Gasteiger partial charge in [0, 0.05) is 43.3 Å². The second-order valence-corrected chi connectivity index (χ2v) is 7.33. The Labute approximate surface area is 180 Å². The summed E-state index contributed by atoms with van der Waals surface area (Å²) in [5.74, 6) is 2.76. The van der Waals surface area contributed by atoms with Gasteiger partial charge >= 0.3 is 0 Å². The van der Waals surface area contributed by atoms with Crippen molar-refractivity contribution < 1.29 is 14.6 Å². The van der Waals surface area contributed by atoms with Crippen LogP contribution in [0.5, 0.6) is 11.5 Å². The van der Waals surface area contributed by atoms with Crippen LogP contribution in [0.4, 0.5) is 5.82 Å². The molecule has 0 saturated heterocycles. The first kappa shape index (κ1) is 20.7. The van der Waals surface area contributed by atoms with E-state index >= 15 is 0 Å². The van der Waals surface area contributed by atoms with Gasteiger partial charge in [-0.1, -0.05) is 12.1 Å². The van der Waals surface area contributed by atoms with Crippen molar-refractivity contribution in [2.45, 2.75) is 20.0 Å². The summed E-state index contributed by atoms with van der Waals surface area (Å²) in [6.07, 6.45) is 2.87. The molecule has 0 unspecified atom stereocenters. The van der Waals surface area contributed by atoms with E-state index in [1.165, 1.54) is 0 Å². The Hall–Kier alpha value is -3.59. The predicted octanol–water partition coefficient (Wildman–Crippen LogP) is 2.61. The van der Waals surface area contributed by atoms with Crippen LogP contribution in [-0.2, 0) is 7.05 Å². The van der Waals surface area contributed by atoms with Gasteiger partial charge in [-0.2, -0.15) is 9.61 Å². The normalized spacial score (nSPS) is 12.2. The lowest BCUT2D eigenvalue weighted by Gasteiger charge is -2.17. The molecule has 4 rings (SSSR count). The zero-order valence-electron chi connectivity index (χ0n) is 18.0. The van der Waals surface area contributed by atoms with Crippen LogP contribution in [0, 0.1) is 13.8 Å². The molecule has 0 aliphatic heterocycles. The Bertz CT molecular complexity index is 1200. The van der Waals surface area contributed by atoms with Gasteiger partial charge in [-0.3, -0.25) is 0 Å². The monoisotopic (exact) mass is 422 g/mol. The molecule has 0 amide bonds. The van der Waals surface area contributed by atoms with Gasteiger partial charge in [-0.15, -0.1) is 0 Å². The van der Waals surface area contributed by atoms with Crippen LogP contribution >= 0.6 is 0 Å². The summed E-state index contributed by atoms with van der Waals surface area (Å²) in [7, 11) is 3.51. The molecule has 3 aromatic heterocycles. The van der Waals surface area contributed by atoms with Crippen molar-refractivity contribution in [3.8, 4) is 23.0 Å². The summed E-state index contributed by atoms with van der Waals surface area (Å²) in [5.41, 5.74) is 3.29. The highest BCUT2D eigenvalue weighted by Gasteiger charge is 2.16. The number of fused-ring (bicyclic) bond motifs is 1. The molecule has 0 radical (unpaired) electrons. The van der Waals surface area contributed by atoms with E-state index in [4.69, 9.17) is 14.6 Å². The lowest BCUT2D eigenvalue weighted by Crippen LogP contribution is -2.27. The fourth-order valence-corrected chi connectivity index (χ4v) is 3.33. The smallest absolute Gasteiger partial charge is 0.161 e. The molecule has 0 bridgehead atoms. The van der Waals surface area contributed by atoms with Crippen molar-refractivity contribution >= 4 is 11.5 Å². The first-order valence-corrected chi connectivity index (χ1v) is 10.0. The lowest BCUT2D eigenvalue weighted by atomic mass is 10.2. The van der Waals surface area contributed by atoms with E-state index < -0.39 is 6.10 Å². The number of nitrogens with zero attached hydrogens (tertiary/aromatic N) is 5. The SMILES string of the molecule is COc1ccccc1OC[C@@H](O)CNc1c(C)c(C)nc2cc(-c3nccn3C)nn12. The minimum atomic E-state index is -0.739. The van der Waals surface area contributed by atoms with Gasteiger partial charge in [-0.25, -0.2) is 9.97 Å². The predicted molar refractivity (Wildman–Crippen MR) is 118 cm³/mol. The number of aliphatic hydroxyl groups is 1. The number of aryl methyl sites for hydroxylation is 2. The average Bonchev–Trinajstić information content (AvgIpc) is 3.38. The van der Waals surface area contributed by atoms with Gasteiger partial charge in [0.2, 0.25) is 0 Å². The van der Waals surface area contributed by atoms with Crippen molar-refractivity contribution in [3.05, 3.63) is 54.0 Å². The third-order valence-electron chi connectivity index (χ3n) is 5.14. The third-order valence-corrected chi connectivity index (χ3v) is 5.14. The number of nitrogens with one attached hydrogen (secondary N) is 1. The van der Waals surface area contributed by atoms with Crippen molar-refractivity contribution in [1.29, 1.82) is 0 Å². The van der Waals surface area contributed by atoms with Crippen LogP contribution in [0.15, 0.2) is 42.7 Å². The van der Waals surface area contributed by atoms with Gasteiger partial charge in [0.05, 0.1) is 7.11 Å². The maximum Gasteiger partial charge on any atom is 0.161 e. The van der Waals surface area contributed by atoms with Crippen LogP contribution in [0.25, 0.3) is 17.2 Å². The molecule has 0 aliphatic rings. The van der Waals surface area contributed by atoms with Gasteiger partial charge in [0.25, 0.3) is 0 Å². The molecule has 0 fully saturated rings. The van der Waals surface area contributed by atoms with Crippen LogP contribution in [0.2, 0.25) is 0 Å². The molecule has 0 spiro atoms. The van der Waals surface area contributed by atoms with Crippen molar-refractivity contribution in [3.63, 3.8) is 0 Å². The van der Waals surface area contributed by atoms with Crippen LogP contribution < -0.4 is 14.8 Å². The summed E-state index contributed by atoms with van der Waals surface area (Å²) in [6, 6.07) is 9.26. The van der Waals surface area contributed by atoms with Crippen LogP contribution in [-0.4, -0.2) is 55.6 Å². The number of rotatable bonds is 8. The maximum atomic E-state index is 10.5. The molecule has 1 aromatic carbocycles. The molecule has 3 heterocycles. The number of benzene rings is 1. The molecular weight excluding hydrogens is 396 g/mol. The quantitative estimate of drug-likeness (QED) is 0.450. The summed E-state index contributed by atoms with van der Waals surface area (Å²) in [6.45, 7) is 4.34. The number of hydrogen-bond donors (Lipinski definition) is 2. The second-order valence-electron chi connectivity index (χ2n) is 7.33. The first-order valence-electron chi connectivity index (χ1n) is 10.0. The van der Waals surface area contributed by atoms with Gasteiger partial charge in [0.15, 0.2) is 23.0 Å². The number of ether oxygens (including phenoxy) is 2. The highest BCUT2D eigenvalue weighted by molar-refractivity contribution is 5.63. The minimum absolute atomic E-state index is 0.122. The molecule has 31 heavy (non-hydrogen) atoms. The maximum absolute atomic E-state index is 10.5. The Balaban J connectivity index is 1.51. The van der Waals surface area contributed by atoms with Gasteiger partial charge in [0.1, 0.15) is 24.2 Å². The highest BCUT2D eigenvalue weighted by Crippen LogP contribution is 2.26. The molecule has 0 saturated carbocycles. The van der Waals surface area contributed by atoms with Gasteiger partial charge in [-0.05, 0) is 26.0 Å². The zero-order valence-corrected chi connectivity index (χ0v) is 18.0. The number of anilines is 1. The largest absolute Gasteiger partial charge is 0.493 e. The first-order chi connectivity index (χ1) is 15.0. The molecule has 0 aliphatic carbocycles. The molecule has 9 heteroatoms. The zero-order chi connectivity index (χ0) is 22.0. The fraction of sp³-hybridized carbons (Fsp3) is 0.318.